The molecule has 0 aliphatic carbocycles. The maximum atomic E-state index is 13.2. The van der Waals surface area contributed by atoms with Crippen molar-refractivity contribution in [3.8, 4) is 11.5 Å². The van der Waals surface area contributed by atoms with Crippen LogP contribution in [0.1, 0.15) is 23.2 Å². The average molecular weight is 361 g/mol. The van der Waals surface area contributed by atoms with Gasteiger partial charge in [0.15, 0.2) is 0 Å². The molecular formula is C22H23N3O2. The first kappa shape index (κ1) is 17.3. The third kappa shape index (κ3) is 4.19. The Kier molecular flexibility index (Phi) is 5.19. The highest BCUT2D eigenvalue weighted by Gasteiger charge is 2.26. The number of imidazole rings is 1. The van der Waals surface area contributed by atoms with Crippen LogP contribution in [0.3, 0.4) is 0 Å². The molecule has 0 spiro atoms. The van der Waals surface area contributed by atoms with Crippen LogP contribution in [-0.4, -0.2) is 33.4 Å². The van der Waals surface area contributed by atoms with Gasteiger partial charge in [-0.1, -0.05) is 30.3 Å². The number of amides is 1. The number of carbonyl (C=O) groups is 1. The maximum absolute atomic E-state index is 13.2. The fourth-order valence-electron chi connectivity index (χ4n) is 3.61. The second-order valence-electron chi connectivity index (χ2n) is 6.93. The quantitative estimate of drug-likeness (QED) is 0.683. The molecule has 4 rings (SSSR count). The second kappa shape index (κ2) is 8.08. The van der Waals surface area contributed by atoms with Crippen LogP contribution in [0.25, 0.3) is 0 Å². The lowest BCUT2D eigenvalue weighted by Crippen LogP contribution is -2.41. The number of ether oxygens (including phenoxy) is 1. The number of carbonyl (C=O) groups excluding carboxylic acids is 1. The number of hydrogen-bond acceptors (Lipinski definition) is 3. The summed E-state index contributed by atoms with van der Waals surface area (Å²) in [7, 11) is 0. The lowest BCUT2D eigenvalue weighted by Gasteiger charge is -2.33. The standard InChI is InChI=1S/C22H23N3O2/c26-22(25-13-6-7-18(16-25)15-24-14-12-23-17-24)20-10-4-5-11-21(20)27-19-8-2-1-3-9-19/h1-5,8-12,14,17-18H,6-7,13,15-16H2/t18-/m1/s1. The van der Waals surface area contributed by atoms with Crippen molar-refractivity contribution >= 4 is 5.91 Å². The van der Waals surface area contributed by atoms with Crippen LogP contribution in [0, 0.1) is 5.92 Å². The van der Waals surface area contributed by atoms with Crippen molar-refractivity contribution in [1.29, 1.82) is 0 Å². The Morgan fingerprint density at radius 3 is 2.74 bits per heavy atom. The molecule has 0 unspecified atom stereocenters. The van der Waals surface area contributed by atoms with Crippen molar-refractivity contribution in [2.45, 2.75) is 19.4 Å². The van der Waals surface area contributed by atoms with Gasteiger partial charge in [-0.15, -0.1) is 0 Å². The summed E-state index contributed by atoms with van der Waals surface area (Å²) in [6, 6.07) is 17.1. The first-order chi connectivity index (χ1) is 13.3. The summed E-state index contributed by atoms with van der Waals surface area (Å²) < 4.78 is 8.06. The van der Waals surface area contributed by atoms with Crippen molar-refractivity contribution in [2.75, 3.05) is 13.1 Å². The molecule has 5 nitrogen and oxygen atoms in total. The monoisotopic (exact) mass is 361 g/mol. The van der Waals surface area contributed by atoms with Gasteiger partial charge in [0.1, 0.15) is 11.5 Å². The van der Waals surface area contributed by atoms with E-state index < -0.39 is 0 Å². The Hall–Kier alpha value is -3.08. The summed E-state index contributed by atoms with van der Waals surface area (Å²) >= 11 is 0. The van der Waals surface area contributed by atoms with Gasteiger partial charge in [0.2, 0.25) is 0 Å². The summed E-state index contributed by atoms with van der Waals surface area (Å²) in [6.45, 7) is 2.45. The molecule has 138 valence electrons. The highest BCUT2D eigenvalue weighted by atomic mass is 16.5. The van der Waals surface area contributed by atoms with Crippen molar-refractivity contribution in [3.05, 3.63) is 78.9 Å². The molecule has 1 saturated heterocycles. The first-order valence-electron chi connectivity index (χ1n) is 9.36. The average Bonchev–Trinajstić information content (AvgIpc) is 3.22. The van der Waals surface area contributed by atoms with Crippen LogP contribution >= 0.6 is 0 Å². The molecule has 2 heterocycles. The number of aromatic nitrogens is 2. The fourth-order valence-corrected chi connectivity index (χ4v) is 3.61. The Labute approximate surface area is 159 Å². The highest BCUT2D eigenvalue weighted by Crippen LogP contribution is 2.28. The molecule has 0 N–H and O–H groups in total. The molecule has 2 aromatic carbocycles. The summed E-state index contributed by atoms with van der Waals surface area (Å²) in [4.78, 5) is 19.2. The maximum Gasteiger partial charge on any atom is 0.257 e. The number of para-hydroxylation sites is 2. The summed E-state index contributed by atoms with van der Waals surface area (Å²) in [5, 5.41) is 0. The zero-order valence-electron chi connectivity index (χ0n) is 15.2. The lowest BCUT2D eigenvalue weighted by atomic mass is 9.97. The molecule has 0 saturated carbocycles. The van der Waals surface area contributed by atoms with Crippen molar-refractivity contribution < 1.29 is 9.53 Å². The van der Waals surface area contributed by atoms with Gasteiger partial charge in [-0.25, -0.2) is 4.98 Å². The minimum absolute atomic E-state index is 0.0388. The fraction of sp³-hybridized carbons (Fsp3) is 0.273. The van der Waals surface area contributed by atoms with E-state index in [2.05, 4.69) is 9.55 Å². The summed E-state index contributed by atoms with van der Waals surface area (Å²) in [6.07, 6.45) is 7.76. The Balaban J connectivity index is 1.49. The van der Waals surface area contributed by atoms with Gasteiger partial charge in [0, 0.05) is 32.0 Å². The van der Waals surface area contributed by atoms with E-state index in [0.29, 0.717) is 17.2 Å². The van der Waals surface area contributed by atoms with Gasteiger partial charge in [-0.2, -0.15) is 0 Å². The summed E-state index contributed by atoms with van der Waals surface area (Å²) in [5.41, 5.74) is 0.615. The van der Waals surface area contributed by atoms with Gasteiger partial charge >= 0.3 is 0 Å². The normalized spacial score (nSPS) is 16.9. The topological polar surface area (TPSA) is 47.4 Å². The number of hydrogen-bond donors (Lipinski definition) is 0. The van der Waals surface area contributed by atoms with Crippen LogP contribution in [0.15, 0.2) is 73.3 Å². The molecule has 3 aromatic rings. The SMILES string of the molecule is O=C(c1ccccc1Oc1ccccc1)N1CCC[C@H](Cn2ccnc2)C1. The third-order valence-electron chi connectivity index (χ3n) is 4.92. The lowest BCUT2D eigenvalue weighted by molar-refractivity contribution is 0.0659. The van der Waals surface area contributed by atoms with Crippen LogP contribution in [-0.2, 0) is 6.54 Å². The zero-order valence-corrected chi connectivity index (χ0v) is 15.2. The predicted octanol–water partition coefficient (Wildman–Crippen LogP) is 4.23. The minimum atomic E-state index is 0.0388. The summed E-state index contributed by atoms with van der Waals surface area (Å²) in [5.74, 6) is 1.82. The van der Waals surface area contributed by atoms with Crippen molar-refractivity contribution in [3.63, 3.8) is 0 Å². The van der Waals surface area contributed by atoms with Gasteiger partial charge in [-0.3, -0.25) is 4.79 Å². The Morgan fingerprint density at radius 1 is 1.11 bits per heavy atom. The number of rotatable bonds is 5. The van der Waals surface area contributed by atoms with E-state index in [1.165, 1.54) is 0 Å². The predicted molar refractivity (Wildman–Crippen MR) is 104 cm³/mol. The molecule has 1 fully saturated rings. The van der Waals surface area contributed by atoms with Crippen LogP contribution < -0.4 is 4.74 Å². The molecule has 0 radical (unpaired) electrons. The van der Waals surface area contributed by atoms with E-state index in [9.17, 15) is 4.79 Å². The first-order valence-corrected chi connectivity index (χ1v) is 9.36. The molecule has 0 bridgehead atoms. The van der Waals surface area contributed by atoms with Crippen LogP contribution in [0.2, 0.25) is 0 Å². The van der Waals surface area contributed by atoms with E-state index in [0.717, 1.165) is 38.2 Å². The van der Waals surface area contributed by atoms with E-state index in [1.54, 1.807) is 6.20 Å². The molecular weight excluding hydrogens is 338 g/mol. The minimum Gasteiger partial charge on any atom is -0.457 e. The van der Waals surface area contributed by atoms with Gasteiger partial charge in [-0.05, 0) is 43.0 Å². The molecule has 1 amide bonds. The number of likely N-dealkylation sites (tertiary alicyclic amines) is 1. The highest BCUT2D eigenvalue weighted by molar-refractivity contribution is 5.97. The molecule has 1 atom stereocenters. The number of nitrogens with zero attached hydrogens (tertiary/aromatic N) is 3. The third-order valence-corrected chi connectivity index (χ3v) is 4.92. The largest absolute Gasteiger partial charge is 0.457 e. The van der Waals surface area contributed by atoms with Crippen LogP contribution in [0.5, 0.6) is 11.5 Å². The van der Waals surface area contributed by atoms with Crippen molar-refractivity contribution in [1.82, 2.24) is 14.5 Å². The van der Waals surface area contributed by atoms with E-state index >= 15 is 0 Å². The molecule has 1 aliphatic rings. The van der Waals surface area contributed by atoms with Crippen molar-refractivity contribution in [2.24, 2.45) is 5.92 Å². The Bertz CT molecular complexity index is 878. The van der Waals surface area contributed by atoms with Crippen LogP contribution in [0.4, 0.5) is 0 Å². The molecule has 1 aliphatic heterocycles. The van der Waals surface area contributed by atoms with Gasteiger partial charge in [0.25, 0.3) is 5.91 Å². The Morgan fingerprint density at radius 2 is 1.93 bits per heavy atom. The van der Waals surface area contributed by atoms with Gasteiger partial charge < -0.3 is 14.2 Å². The number of benzene rings is 2. The van der Waals surface area contributed by atoms with Gasteiger partial charge in [0.05, 0.1) is 11.9 Å². The van der Waals surface area contributed by atoms with E-state index in [-0.39, 0.29) is 5.91 Å². The smallest absolute Gasteiger partial charge is 0.257 e. The molecule has 1 aromatic heterocycles. The molecule has 5 heteroatoms. The number of piperidine rings is 1. The molecule has 27 heavy (non-hydrogen) atoms. The zero-order chi connectivity index (χ0) is 18.5. The second-order valence-corrected chi connectivity index (χ2v) is 6.93. The van der Waals surface area contributed by atoms with E-state index in [1.807, 2.05) is 72.0 Å². The van der Waals surface area contributed by atoms with E-state index in [4.69, 9.17) is 4.74 Å².